The van der Waals surface area contributed by atoms with Crippen molar-refractivity contribution in [2.75, 3.05) is 21.7 Å². The quantitative estimate of drug-likeness (QED) is 0.120. The highest BCUT2D eigenvalue weighted by Gasteiger charge is 2.04. The SMILES string of the molecule is Clc1ncccc1Nc1ccccc1.Nc1ccccc1.c1ccc(Nc2cccnc2Nc2ccccc2)cc1. The maximum Gasteiger partial charge on any atom is 0.154 e. The third-order valence-corrected chi connectivity index (χ3v) is 5.81. The molecular weight excluding hydrogens is 528 g/mol. The van der Waals surface area contributed by atoms with Crippen LogP contribution < -0.4 is 21.7 Å². The first kappa shape index (κ1) is 28.7. The second-order valence-corrected chi connectivity index (χ2v) is 8.98. The van der Waals surface area contributed by atoms with Crippen LogP contribution in [0.4, 0.5) is 39.9 Å². The number of pyridine rings is 2. The first-order valence-corrected chi connectivity index (χ1v) is 13.4. The summed E-state index contributed by atoms with van der Waals surface area (Å²) in [6, 6.07) is 47.1. The molecule has 41 heavy (non-hydrogen) atoms. The lowest BCUT2D eigenvalue weighted by Gasteiger charge is -2.12. The van der Waals surface area contributed by atoms with Crippen molar-refractivity contribution in [1.82, 2.24) is 9.97 Å². The van der Waals surface area contributed by atoms with Crippen LogP contribution in [0.2, 0.25) is 5.15 Å². The van der Waals surface area contributed by atoms with Gasteiger partial charge in [0, 0.05) is 35.1 Å². The van der Waals surface area contributed by atoms with Crippen LogP contribution in [-0.4, -0.2) is 9.97 Å². The highest BCUT2D eigenvalue weighted by molar-refractivity contribution is 6.32. The fraction of sp³-hybridized carbons (Fsp3) is 0. The maximum absolute atomic E-state index is 5.90. The molecule has 7 heteroatoms. The van der Waals surface area contributed by atoms with E-state index in [1.54, 1.807) is 12.4 Å². The number of nitrogens with zero attached hydrogens (tertiary/aromatic N) is 2. The highest BCUT2D eigenvalue weighted by Crippen LogP contribution is 2.26. The lowest BCUT2D eigenvalue weighted by atomic mass is 10.3. The van der Waals surface area contributed by atoms with Crippen molar-refractivity contribution in [3.8, 4) is 0 Å². The Balaban J connectivity index is 0.000000159. The third kappa shape index (κ3) is 10.1. The zero-order valence-corrected chi connectivity index (χ0v) is 23.1. The van der Waals surface area contributed by atoms with Crippen LogP contribution in [0.5, 0.6) is 0 Å². The van der Waals surface area contributed by atoms with Gasteiger partial charge in [0.05, 0.1) is 11.4 Å². The molecule has 0 aliphatic carbocycles. The highest BCUT2D eigenvalue weighted by atomic mass is 35.5. The molecular formula is C34H31ClN6. The van der Waals surface area contributed by atoms with E-state index in [0.717, 1.165) is 39.9 Å². The molecule has 0 unspecified atom stereocenters. The van der Waals surface area contributed by atoms with Gasteiger partial charge in [-0.1, -0.05) is 84.4 Å². The van der Waals surface area contributed by atoms with Crippen molar-refractivity contribution in [3.63, 3.8) is 0 Å². The van der Waals surface area contributed by atoms with Crippen LogP contribution in [0.25, 0.3) is 0 Å². The van der Waals surface area contributed by atoms with Gasteiger partial charge in [-0.15, -0.1) is 0 Å². The second-order valence-electron chi connectivity index (χ2n) is 8.63. The molecule has 0 fully saturated rings. The summed E-state index contributed by atoms with van der Waals surface area (Å²) in [7, 11) is 0. The molecule has 0 spiro atoms. The fourth-order valence-corrected chi connectivity index (χ4v) is 3.72. The molecule has 0 saturated carbocycles. The van der Waals surface area contributed by atoms with E-state index in [0.29, 0.717) is 5.15 Å². The minimum absolute atomic E-state index is 0.483. The Kier molecular flexibility index (Phi) is 11.1. The van der Waals surface area contributed by atoms with E-state index in [-0.39, 0.29) is 0 Å². The van der Waals surface area contributed by atoms with Gasteiger partial charge >= 0.3 is 0 Å². The van der Waals surface area contributed by atoms with Gasteiger partial charge in [-0.25, -0.2) is 9.97 Å². The molecule has 0 aliphatic rings. The summed E-state index contributed by atoms with van der Waals surface area (Å²) in [4.78, 5) is 8.37. The Morgan fingerprint density at radius 1 is 0.439 bits per heavy atom. The Bertz CT molecular complexity index is 1510. The summed E-state index contributed by atoms with van der Waals surface area (Å²) in [5.41, 5.74) is 11.0. The standard InChI is InChI=1S/C17H15N3.C11H9ClN2.C6H7N/c1-3-8-14(9-4-1)19-16-12-7-13-18-17(16)20-15-10-5-2-6-11-15;12-11-10(7-4-8-13-11)14-9-5-2-1-3-6-9;7-6-4-2-1-3-5-6/h1-13,19H,(H,18,20);1-8,14H;1-5H,7H2. The lowest BCUT2D eigenvalue weighted by molar-refractivity contribution is 1.30. The summed E-state index contributed by atoms with van der Waals surface area (Å²) in [6.07, 6.45) is 3.44. The molecule has 0 aliphatic heterocycles. The number of benzene rings is 4. The van der Waals surface area contributed by atoms with Crippen LogP contribution in [0.3, 0.4) is 0 Å². The van der Waals surface area contributed by atoms with Gasteiger partial charge in [-0.2, -0.15) is 0 Å². The number of nitrogens with two attached hydrogens (primary N) is 1. The molecule has 5 N–H and O–H groups in total. The molecule has 0 atom stereocenters. The van der Waals surface area contributed by atoms with Gasteiger partial charge < -0.3 is 21.7 Å². The van der Waals surface area contributed by atoms with E-state index >= 15 is 0 Å². The fourth-order valence-electron chi connectivity index (χ4n) is 3.55. The molecule has 204 valence electrons. The van der Waals surface area contributed by atoms with Crippen molar-refractivity contribution >= 4 is 51.5 Å². The molecule has 0 saturated heterocycles. The summed E-state index contributed by atoms with van der Waals surface area (Å²) in [5.74, 6) is 0.808. The van der Waals surface area contributed by atoms with Gasteiger partial charge in [-0.05, 0) is 72.8 Å². The topological polar surface area (TPSA) is 87.9 Å². The smallest absolute Gasteiger partial charge is 0.154 e. The summed E-state index contributed by atoms with van der Waals surface area (Å²) >= 11 is 5.90. The Morgan fingerprint density at radius 3 is 1.32 bits per heavy atom. The number of nitrogens with one attached hydrogen (secondary N) is 3. The summed E-state index contributed by atoms with van der Waals surface area (Å²) < 4.78 is 0. The maximum atomic E-state index is 5.90. The summed E-state index contributed by atoms with van der Waals surface area (Å²) in [6.45, 7) is 0. The monoisotopic (exact) mass is 558 g/mol. The largest absolute Gasteiger partial charge is 0.399 e. The van der Waals surface area contributed by atoms with Crippen molar-refractivity contribution < 1.29 is 0 Å². The Morgan fingerprint density at radius 2 is 0.854 bits per heavy atom. The van der Waals surface area contributed by atoms with Crippen molar-refractivity contribution in [2.24, 2.45) is 0 Å². The van der Waals surface area contributed by atoms with Crippen LogP contribution in [0.15, 0.2) is 158 Å². The zero-order valence-electron chi connectivity index (χ0n) is 22.4. The van der Waals surface area contributed by atoms with Crippen LogP contribution in [0.1, 0.15) is 0 Å². The average Bonchev–Trinajstić information content (AvgIpc) is 3.02. The van der Waals surface area contributed by atoms with E-state index in [1.165, 1.54) is 0 Å². The number of aromatic nitrogens is 2. The first-order chi connectivity index (χ1) is 20.2. The van der Waals surface area contributed by atoms with Gasteiger partial charge in [0.25, 0.3) is 0 Å². The molecule has 4 aromatic carbocycles. The van der Waals surface area contributed by atoms with Crippen molar-refractivity contribution in [3.05, 3.63) is 163 Å². The van der Waals surface area contributed by atoms with E-state index in [1.807, 2.05) is 146 Å². The Hall–Kier alpha value is -5.33. The molecule has 0 radical (unpaired) electrons. The summed E-state index contributed by atoms with van der Waals surface area (Å²) in [5, 5.41) is 10.3. The van der Waals surface area contributed by atoms with E-state index in [2.05, 4.69) is 25.9 Å². The average molecular weight is 559 g/mol. The predicted octanol–water partition coefficient (Wildman–Crippen LogP) is 9.32. The first-order valence-electron chi connectivity index (χ1n) is 13.0. The number of rotatable bonds is 6. The van der Waals surface area contributed by atoms with Gasteiger partial charge in [0.15, 0.2) is 11.0 Å². The van der Waals surface area contributed by atoms with Crippen LogP contribution in [0, 0.1) is 0 Å². The second kappa shape index (κ2) is 15.9. The molecule has 0 amide bonds. The normalized spacial score (nSPS) is 9.68. The van der Waals surface area contributed by atoms with E-state index in [4.69, 9.17) is 17.3 Å². The van der Waals surface area contributed by atoms with Crippen LogP contribution in [-0.2, 0) is 0 Å². The Labute approximate surface area is 245 Å². The molecule has 2 heterocycles. The van der Waals surface area contributed by atoms with Crippen molar-refractivity contribution in [1.29, 1.82) is 0 Å². The van der Waals surface area contributed by atoms with Crippen LogP contribution >= 0.6 is 11.6 Å². The predicted molar refractivity (Wildman–Crippen MR) is 174 cm³/mol. The van der Waals surface area contributed by atoms with Crippen molar-refractivity contribution in [2.45, 2.75) is 0 Å². The van der Waals surface area contributed by atoms with E-state index in [9.17, 15) is 0 Å². The number of para-hydroxylation sites is 4. The number of nitrogen functional groups attached to an aromatic ring is 1. The molecule has 0 bridgehead atoms. The number of halogens is 1. The van der Waals surface area contributed by atoms with Gasteiger partial charge in [0.1, 0.15) is 0 Å². The third-order valence-electron chi connectivity index (χ3n) is 5.51. The van der Waals surface area contributed by atoms with Gasteiger partial charge in [-0.3, -0.25) is 0 Å². The minimum atomic E-state index is 0.483. The number of hydrogen-bond acceptors (Lipinski definition) is 6. The molecule has 6 rings (SSSR count). The number of anilines is 7. The van der Waals surface area contributed by atoms with E-state index < -0.39 is 0 Å². The lowest BCUT2D eigenvalue weighted by Crippen LogP contribution is -1.99. The molecule has 6 aromatic rings. The minimum Gasteiger partial charge on any atom is -0.399 e. The molecule has 2 aromatic heterocycles. The zero-order chi connectivity index (χ0) is 28.5. The number of hydrogen-bond donors (Lipinski definition) is 4. The van der Waals surface area contributed by atoms with Gasteiger partial charge in [0.2, 0.25) is 0 Å². The molecule has 6 nitrogen and oxygen atoms in total.